The lowest BCUT2D eigenvalue weighted by molar-refractivity contribution is -0.127. The maximum Gasteiger partial charge on any atom is 0.326 e. The summed E-state index contributed by atoms with van der Waals surface area (Å²) in [6.45, 7) is 1.48. The van der Waals surface area contributed by atoms with E-state index in [1.807, 2.05) is 0 Å². The molecule has 5 heteroatoms. The zero-order chi connectivity index (χ0) is 10.9. The standard InChI is InChI=1S/C9H14N2O3/c1-6(12)4-5-7-8(13)11(3)9(14)10(7)2/h7H,4-5H2,1-3H3. The number of Topliss-reactive ketones (excluding diaryl/α,β-unsaturated/α-hetero) is 1. The quantitative estimate of drug-likeness (QED) is 0.611. The second-order valence-electron chi connectivity index (χ2n) is 3.55. The number of imide groups is 1. The summed E-state index contributed by atoms with van der Waals surface area (Å²) >= 11 is 0. The van der Waals surface area contributed by atoms with Gasteiger partial charge in [0, 0.05) is 20.5 Å². The van der Waals surface area contributed by atoms with Crippen molar-refractivity contribution in [3.05, 3.63) is 0 Å². The lowest BCUT2D eigenvalue weighted by Gasteiger charge is -2.14. The van der Waals surface area contributed by atoms with Gasteiger partial charge in [0.15, 0.2) is 0 Å². The zero-order valence-corrected chi connectivity index (χ0v) is 8.61. The van der Waals surface area contributed by atoms with E-state index >= 15 is 0 Å². The second kappa shape index (κ2) is 3.77. The maximum absolute atomic E-state index is 11.5. The van der Waals surface area contributed by atoms with Gasteiger partial charge in [-0.3, -0.25) is 9.69 Å². The van der Waals surface area contributed by atoms with E-state index < -0.39 is 6.04 Å². The van der Waals surface area contributed by atoms with Gasteiger partial charge in [-0.15, -0.1) is 0 Å². The summed E-state index contributed by atoms with van der Waals surface area (Å²) in [5.41, 5.74) is 0. The number of nitrogens with zero attached hydrogens (tertiary/aromatic N) is 2. The lowest BCUT2D eigenvalue weighted by atomic mass is 10.1. The molecule has 1 unspecified atom stereocenters. The smallest absolute Gasteiger partial charge is 0.315 e. The van der Waals surface area contributed by atoms with Gasteiger partial charge in [-0.05, 0) is 13.3 Å². The Bertz CT molecular complexity index is 288. The second-order valence-corrected chi connectivity index (χ2v) is 3.55. The summed E-state index contributed by atoms with van der Waals surface area (Å²) in [6.07, 6.45) is 0.753. The Kier molecular flexibility index (Phi) is 2.88. The summed E-state index contributed by atoms with van der Waals surface area (Å²) in [6, 6.07) is -0.764. The van der Waals surface area contributed by atoms with Crippen LogP contribution in [-0.2, 0) is 9.59 Å². The molecular weight excluding hydrogens is 184 g/mol. The first-order valence-corrected chi connectivity index (χ1v) is 4.49. The van der Waals surface area contributed by atoms with Gasteiger partial charge in [0.25, 0.3) is 5.91 Å². The van der Waals surface area contributed by atoms with Crippen LogP contribution in [0.3, 0.4) is 0 Å². The van der Waals surface area contributed by atoms with Crippen molar-refractivity contribution in [1.29, 1.82) is 0 Å². The van der Waals surface area contributed by atoms with Crippen LogP contribution in [0, 0.1) is 0 Å². The molecule has 0 radical (unpaired) electrons. The molecule has 5 nitrogen and oxygen atoms in total. The molecule has 0 bridgehead atoms. The van der Waals surface area contributed by atoms with Crippen LogP contribution in [0.25, 0.3) is 0 Å². The third kappa shape index (κ3) is 1.76. The summed E-state index contributed by atoms with van der Waals surface area (Å²) < 4.78 is 0. The fraction of sp³-hybridized carbons (Fsp3) is 0.667. The summed E-state index contributed by atoms with van der Waals surface area (Å²) in [5.74, 6) is -0.188. The van der Waals surface area contributed by atoms with Crippen LogP contribution in [0.5, 0.6) is 0 Å². The number of carbonyl (C=O) groups is 3. The van der Waals surface area contributed by atoms with Crippen LogP contribution in [-0.4, -0.2) is 47.7 Å². The molecule has 14 heavy (non-hydrogen) atoms. The minimum atomic E-state index is -0.462. The number of carbonyl (C=O) groups excluding carboxylic acids is 3. The number of rotatable bonds is 3. The van der Waals surface area contributed by atoms with Crippen molar-refractivity contribution in [2.75, 3.05) is 14.1 Å². The molecule has 1 fully saturated rings. The summed E-state index contributed by atoms with van der Waals surface area (Å²) in [5, 5.41) is 0. The van der Waals surface area contributed by atoms with Gasteiger partial charge in [0.2, 0.25) is 0 Å². The van der Waals surface area contributed by atoms with Crippen LogP contribution in [0.4, 0.5) is 4.79 Å². The predicted molar refractivity (Wildman–Crippen MR) is 49.6 cm³/mol. The molecule has 0 aromatic carbocycles. The van der Waals surface area contributed by atoms with E-state index in [1.165, 1.54) is 18.9 Å². The van der Waals surface area contributed by atoms with Crippen molar-refractivity contribution < 1.29 is 14.4 Å². The zero-order valence-electron chi connectivity index (χ0n) is 8.61. The third-order valence-corrected chi connectivity index (χ3v) is 2.44. The van der Waals surface area contributed by atoms with E-state index in [0.29, 0.717) is 12.8 Å². The van der Waals surface area contributed by atoms with Crippen molar-refractivity contribution in [3.63, 3.8) is 0 Å². The molecule has 0 N–H and O–H groups in total. The van der Waals surface area contributed by atoms with Gasteiger partial charge < -0.3 is 9.69 Å². The number of amides is 3. The average molecular weight is 198 g/mol. The number of urea groups is 1. The highest BCUT2D eigenvalue weighted by Crippen LogP contribution is 2.17. The van der Waals surface area contributed by atoms with Crippen molar-refractivity contribution in [1.82, 2.24) is 9.80 Å². The lowest BCUT2D eigenvalue weighted by Crippen LogP contribution is -2.31. The molecule has 78 valence electrons. The van der Waals surface area contributed by atoms with Gasteiger partial charge in [0.1, 0.15) is 11.8 Å². The minimum Gasteiger partial charge on any atom is -0.315 e. The first-order valence-electron chi connectivity index (χ1n) is 4.49. The molecule has 1 saturated heterocycles. The molecule has 0 aromatic rings. The van der Waals surface area contributed by atoms with Gasteiger partial charge in [-0.25, -0.2) is 4.79 Å². The topological polar surface area (TPSA) is 57.7 Å². The Hall–Kier alpha value is -1.39. The minimum absolute atomic E-state index is 0.0354. The SMILES string of the molecule is CC(=O)CCC1C(=O)N(C)C(=O)N1C. The highest BCUT2D eigenvalue weighted by Gasteiger charge is 2.40. The first kappa shape index (κ1) is 10.7. The summed E-state index contributed by atoms with van der Waals surface area (Å²) in [7, 11) is 3.03. The maximum atomic E-state index is 11.5. The molecule has 0 saturated carbocycles. The van der Waals surface area contributed by atoms with E-state index in [4.69, 9.17) is 0 Å². The van der Waals surface area contributed by atoms with Gasteiger partial charge >= 0.3 is 6.03 Å². The van der Waals surface area contributed by atoms with E-state index in [1.54, 1.807) is 7.05 Å². The van der Waals surface area contributed by atoms with Crippen molar-refractivity contribution in [2.45, 2.75) is 25.8 Å². The Labute approximate surface area is 82.7 Å². The molecule has 0 aliphatic carbocycles. The predicted octanol–water partition coefficient (Wildman–Crippen LogP) is 0.248. The molecule has 1 atom stereocenters. The largest absolute Gasteiger partial charge is 0.326 e. The first-order chi connectivity index (χ1) is 6.45. The third-order valence-electron chi connectivity index (χ3n) is 2.44. The van der Waals surface area contributed by atoms with Crippen LogP contribution in [0.2, 0.25) is 0 Å². The summed E-state index contributed by atoms with van der Waals surface area (Å²) in [4.78, 5) is 36.0. The molecular formula is C9H14N2O3. The normalized spacial score (nSPS) is 22.1. The Balaban J connectivity index is 2.65. The number of hydrogen-bond donors (Lipinski definition) is 0. The van der Waals surface area contributed by atoms with Crippen LogP contribution in [0.15, 0.2) is 0 Å². The van der Waals surface area contributed by atoms with Crippen LogP contribution < -0.4 is 0 Å². The Morgan fingerprint density at radius 3 is 2.29 bits per heavy atom. The van der Waals surface area contributed by atoms with Gasteiger partial charge in [-0.2, -0.15) is 0 Å². The molecule has 3 amide bonds. The van der Waals surface area contributed by atoms with Crippen molar-refractivity contribution in [3.8, 4) is 0 Å². The number of likely N-dealkylation sites (N-methyl/N-ethyl adjacent to an activating group) is 2. The highest BCUT2D eigenvalue weighted by atomic mass is 16.2. The van der Waals surface area contributed by atoms with Crippen molar-refractivity contribution >= 4 is 17.7 Å². The van der Waals surface area contributed by atoms with E-state index in [-0.39, 0.29) is 17.7 Å². The van der Waals surface area contributed by atoms with E-state index in [2.05, 4.69) is 0 Å². The number of hydrogen-bond acceptors (Lipinski definition) is 3. The van der Waals surface area contributed by atoms with Crippen LogP contribution >= 0.6 is 0 Å². The van der Waals surface area contributed by atoms with Crippen LogP contribution in [0.1, 0.15) is 19.8 Å². The fourth-order valence-electron chi connectivity index (χ4n) is 1.51. The monoisotopic (exact) mass is 198 g/mol. The average Bonchev–Trinajstić information content (AvgIpc) is 2.29. The van der Waals surface area contributed by atoms with Gasteiger partial charge in [0.05, 0.1) is 0 Å². The Morgan fingerprint density at radius 2 is 1.93 bits per heavy atom. The van der Waals surface area contributed by atoms with E-state index in [0.717, 1.165) is 4.90 Å². The molecule has 1 heterocycles. The molecule has 0 aromatic heterocycles. The fourth-order valence-corrected chi connectivity index (χ4v) is 1.51. The van der Waals surface area contributed by atoms with Gasteiger partial charge in [-0.1, -0.05) is 0 Å². The Morgan fingerprint density at radius 1 is 1.36 bits per heavy atom. The molecule has 0 spiro atoms. The highest BCUT2D eigenvalue weighted by molar-refractivity contribution is 6.03. The molecule has 1 aliphatic rings. The molecule has 1 rings (SSSR count). The van der Waals surface area contributed by atoms with E-state index in [9.17, 15) is 14.4 Å². The molecule has 1 aliphatic heterocycles. The van der Waals surface area contributed by atoms with Crippen molar-refractivity contribution in [2.24, 2.45) is 0 Å². The number of ketones is 1.